The summed E-state index contributed by atoms with van der Waals surface area (Å²) in [5, 5.41) is 6.06. The van der Waals surface area contributed by atoms with Crippen LogP contribution in [0, 0.1) is 5.92 Å². The molecule has 6 nitrogen and oxygen atoms in total. The van der Waals surface area contributed by atoms with Crippen molar-refractivity contribution >= 4 is 46.6 Å². The van der Waals surface area contributed by atoms with E-state index in [0.717, 1.165) is 30.0 Å². The normalized spacial score (nSPS) is 14.0. The van der Waals surface area contributed by atoms with Gasteiger partial charge in [-0.1, -0.05) is 56.3 Å². The number of nitrogens with zero attached hydrogens (tertiary/aromatic N) is 2. The molecule has 1 aliphatic heterocycles. The van der Waals surface area contributed by atoms with Gasteiger partial charge in [-0.15, -0.1) is 0 Å². The molecule has 0 bridgehead atoms. The molecular weight excluding hydrogens is 408 g/mol. The Morgan fingerprint density at radius 2 is 1.61 bits per heavy atom. The van der Waals surface area contributed by atoms with Gasteiger partial charge in [0.15, 0.2) is 5.11 Å². The Balaban J connectivity index is 1.58. The molecule has 1 saturated heterocycles. The molecule has 1 aliphatic rings. The standard InChI is InChI=1S/C24H28N4O2S/c1-18(2)23(30)28-16-14-27(15-17-28)21-11-7-6-10-20(21)25-24(31)26-22(29)13-12-19-8-4-3-5-9-19/h3-13,18H,14-17H2,1-2H3,(H2,25,26,29,31)/b13-12+. The van der Waals surface area contributed by atoms with Crippen LogP contribution in [-0.2, 0) is 9.59 Å². The first-order chi connectivity index (χ1) is 14.9. The van der Waals surface area contributed by atoms with Crippen LogP contribution in [0.5, 0.6) is 0 Å². The maximum Gasteiger partial charge on any atom is 0.250 e. The van der Waals surface area contributed by atoms with Crippen molar-refractivity contribution < 1.29 is 9.59 Å². The SMILES string of the molecule is CC(C)C(=O)N1CCN(c2ccccc2NC(=S)NC(=O)/C=C/c2ccccc2)CC1. The number of anilines is 2. The molecule has 0 aromatic heterocycles. The number of piperazine rings is 1. The summed E-state index contributed by atoms with van der Waals surface area (Å²) in [6.07, 6.45) is 3.20. The molecule has 2 N–H and O–H groups in total. The lowest BCUT2D eigenvalue weighted by atomic mass is 10.1. The summed E-state index contributed by atoms with van der Waals surface area (Å²) in [5.74, 6) is -0.0874. The third-order valence-electron chi connectivity index (χ3n) is 5.04. The quantitative estimate of drug-likeness (QED) is 0.555. The fourth-order valence-electron chi connectivity index (χ4n) is 3.43. The van der Waals surface area contributed by atoms with Crippen LogP contribution >= 0.6 is 12.2 Å². The van der Waals surface area contributed by atoms with E-state index in [1.165, 1.54) is 6.08 Å². The van der Waals surface area contributed by atoms with Gasteiger partial charge < -0.3 is 15.1 Å². The molecule has 2 aromatic rings. The molecule has 0 atom stereocenters. The summed E-state index contributed by atoms with van der Waals surface area (Å²) in [6.45, 7) is 6.73. The second-order valence-electron chi connectivity index (χ2n) is 7.67. The van der Waals surface area contributed by atoms with Crippen molar-refractivity contribution in [2.24, 2.45) is 5.92 Å². The van der Waals surface area contributed by atoms with Crippen LogP contribution < -0.4 is 15.5 Å². The van der Waals surface area contributed by atoms with Crippen LogP contribution in [0.1, 0.15) is 19.4 Å². The van der Waals surface area contributed by atoms with Gasteiger partial charge in [0, 0.05) is 38.2 Å². The molecule has 0 aliphatic carbocycles. The topological polar surface area (TPSA) is 64.7 Å². The van der Waals surface area contributed by atoms with Crippen LogP contribution in [-0.4, -0.2) is 48.0 Å². The summed E-state index contributed by atoms with van der Waals surface area (Å²) in [5.41, 5.74) is 2.76. The zero-order valence-electron chi connectivity index (χ0n) is 17.9. The van der Waals surface area contributed by atoms with E-state index in [0.29, 0.717) is 13.1 Å². The highest BCUT2D eigenvalue weighted by atomic mass is 32.1. The van der Waals surface area contributed by atoms with Crippen molar-refractivity contribution in [1.29, 1.82) is 0 Å². The van der Waals surface area contributed by atoms with E-state index >= 15 is 0 Å². The predicted octanol–water partition coefficient (Wildman–Crippen LogP) is 3.52. The van der Waals surface area contributed by atoms with E-state index in [-0.39, 0.29) is 22.8 Å². The van der Waals surface area contributed by atoms with Crippen LogP contribution in [0.2, 0.25) is 0 Å². The van der Waals surface area contributed by atoms with Crippen molar-refractivity contribution in [3.63, 3.8) is 0 Å². The number of amides is 2. The summed E-state index contributed by atoms with van der Waals surface area (Å²) < 4.78 is 0. The molecule has 1 fully saturated rings. The highest BCUT2D eigenvalue weighted by molar-refractivity contribution is 7.80. The van der Waals surface area contributed by atoms with Crippen molar-refractivity contribution in [1.82, 2.24) is 10.2 Å². The smallest absolute Gasteiger partial charge is 0.250 e. The van der Waals surface area contributed by atoms with Gasteiger partial charge in [0.05, 0.1) is 11.4 Å². The van der Waals surface area contributed by atoms with Gasteiger partial charge in [-0.05, 0) is 36.0 Å². The first-order valence-electron chi connectivity index (χ1n) is 10.4. The Kier molecular flexibility index (Phi) is 7.78. The largest absolute Gasteiger partial charge is 0.366 e. The number of rotatable bonds is 5. The fourth-order valence-corrected chi connectivity index (χ4v) is 3.64. The van der Waals surface area contributed by atoms with Crippen LogP contribution in [0.3, 0.4) is 0 Å². The molecule has 0 radical (unpaired) electrons. The van der Waals surface area contributed by atoms with Crippen molar-refractivity contribution in [3.8, 4) is 0 Å². The van der Waals surface area contributed by atoms with E-state index < -0.39 is 0 Å². The van der Waals surface area contributed by atoms with Crippen LogP contribution in [0.4, 0.5) is 11.4 Å². The molecule has 2 amide bonds. The van der Waals surface area contributed by atoms with E-state index in [9.17, 15) is 9.59 Å². The molecule has 1 heterocycles. The molecular formula is C24H28N4O2S. The maximum absolute atomic E-state index is 12.2. The van der Waals surface area contributed by atoms with E-state index in [1.807, 2.05) is 73.3 Å². The first kappa shape index (κ1) is 22.5. The average Bonchev–Trinajstić information content (AvgIpc) is 2.78. The minimum Gasteiger partial charge on any atom is -0.366 e. The predicted molar refractivity (Wildman–Crippen MR) is 130 cm³/mol. The summed E-state index contributed by atoms with van der Waals surface area (Å²) in [4.78, 5) is 28.6. The molecule has 2 aromatic carbocycles. The number of benzene rings is 2. The lowest BCUT2D eigenvalue weighted by molar-refractivity contribution is -0.134. The monoisotopic (exact) mass is 436 g/mol. The van der Waals surface area contributed by atoms with E-state index in [4.69, 9.17) is 12.2 Å². The number of nitrogens with one attached hydrogen (secondary N) is 2. The molecule has 0 saturated carbocycles. The zero-order chi connectivity index (χ0) is 22.2. The second-order valence-corrected chi connectivity index (χ2v) is 8.08. The summed E-state index contributed by atoms with van der Waals surface area (Å²) in [7, 11) is 0. The molecule has 0 spiro atoms. The Morgan fingerprint density at radius 1 is 0.968 bits per heavy atom. The molecule has 7 heteroatoms. The minimum atomic E-state index is -0.292. The lowest BCUT2D eigenvalue weighted by Gasteiger charge is -2.37. The zero-order valence-corrected chi connectivity index (χ0v) is 18.7. The average molecular weight is 437 g/mol. The van der Waals surface area contributed by atoms with Gasteiger partial charge in [0.1, 0.15) is 0 Å². The number of para-hydroxylation sites is 2. The molecule has 0 unspecified atom stereocenters. The van der Waals surface area contributed by atoms with Crippen LogP contribution in [0.15, 0.2) is 60.7 Å². The molecule has 162 valence electrons. The number of thiocarbonyl (C=S) groups is 1. The number of carbonyl (C=O) groups is 2. The highest BCUT2D eigenvalue weighted by Gasteiger charge is 2.24. The maximum atomic E-state index is 12.2. The first-order valence-corrected chi connectivity index (χ1v) is 10.8. The Labute approximate surface area is 188 Å². The van der Waals surface area contributed by atoms with Gasteiger partial charge in [-0.25, -0.2) is 0 Å². The Hall–Kier alpha value is -3.19. The Morgan fingerprint density at radius 3 is 2.29 bits per heavy atom. The highest BCUT2D eigenvalue weighted by Crippen LogP contribution is 2.26. The van der Waals surface area contributed by atoms with E-state index in [2.05, 4.69) is 15.5 Å². The van der Waals surface area contributed by atoms with Gasteiger partial charge in [-0.3, -0.25) is 14.9 Å². The summed E-state index contributed by atoms with van der Waals surface area (Å²) >= 11 is 5.34. The van der Waals surface area contributed by atoms with Crippen molar-refractivity contribution in [2.45, 2.75) is 13.8 Å². The molecule has 31 heavy (non-hydrogen) atoms. The number of hydrogen-bond donors (Lipinski definition) is 2. The fraction of sp³-hybridized carbons (Fsp3) is 0.292. The number of hydrogen-bond acceptors (Lipinski definition) is 4. The van der Waals surface area contributed by atoms with Gasteiger partial charge >= 0.3 is 0 Å². The minimum absolute atomic E-state index is 0.0115. The van der Waals surface area contributed by atoms with Gasteiger partial charge in [-0.2, -0.15) is 0 Å². The van der Waals surface area contributed by atoms with Crippen LogP contribution in [0.25, 0.3) is 6.08 Å². The van der Waals surface area contributed by atoms with Gasteiger partial charge in [0.2, 0.25) is 11.8 Å². The summed E-state index contributed by atoms with van der Waals surface area (Å²) in [6, 6.07) is 17.4. The lowest BCUT2D eigenvalue weighted by Crippen LogP contribution is -2.50. The van der Waals surface area contributed by atoms with E-state index in [1.54, 1.807) is 6.08 Å². The number of carbonyl (C=O) groups excluding carboxylic acids is 2. The second kappa shape index (κ2) is 10.7. The van der Waals surface area contributed by atoms with Crippen molar-refractivity contribution in [2.75, 3.05) is 36.4 Å². The Bertz CT molecular complexity index is 951. The molecule has 3 rings (SSSR count). The third-order valence-corrected chi connectivity index (χ3v) is 5.25. The third kappa shape index (κ3) is 6.39. The van der Waals surface area contributed by atoms with Crippen molar-refractivity contribution in [3.05, 3.63) is 66.2 Å². The van der Waals surface area contributed by atoms with Gasteiger partial charge in [0.25, 0.3) is 0 Å².